The Morgan fingerprint density at radius 2 is 0.919 bits per heavy atom. The standard InChI is InChI=1S/C25H28N4O6S2/c1-15-14-16(2)25(29-37(34,35)23-12-8-21(9-13-23)27-19(5)31)17(3)24(15)28-36(32,33)22-10-6-20(7-11-22)26-18(4)30/h6-14,28-29H,1-5H3,(H,26,30)(H,27,31). The van der Waals surface area contributed by atoms with Crippen LogP contribution in [0.15, 0.2) is 64.4 Å². The maximum absolute atomic E-state index is 13.1. The van der Waals surface area contributed by atoms with Gasteiger partial charge in [0, 0.05) is 25.2 Å². The Labute approximate surface area is 216 Å². The number of rotatable bonds is 8. The molecule has 0 atom stereocenters. The summed E-state index contributed by atoms with van der Waals surface area (Å²) >= 11 is 0. The van der Waals surface area contributed by atoms with Crippen LogP contribution >= 0.6 is 0 Å². The lowest BCUT2D eigenvalue weighted by Gasteiger charge is -2.20. The summed E-state index contributed by atoms with van der Waals surface area (Å²) in [6, 6.07) is 13.0. The van der Waals surface area contributed by atoms with Crippen LogP contribution < -0.4 is 20.1 Å². The van der Waals surface area contributed by atoms with E-state index < -0.39 is 20.0 Å². The van der Waals surface area contributed by atoms with Gasteiger partial charge in [0.05, 0.1) is 21.2 Å². The first kappa shape index (κ1) is 27.7. The molecule has 0 aliphatic heterocycles. The smallest absolute Gasteiger partial charge is 0.261 e. The second-order valence-corrected chi connectivity index (χ2v) is 11.9. The van der Waals surface area contributed by atoms with Crippen molar-refractivity contribution in [2.45, 2.75) is 44.4 Å². The van der Waals surface area contributed by atoms with E-state index in [-0.39, 0.29) is 33.0 Å². The third-order valence-electron chi connectivity index (χ3n) is 5.41. The molecule has 3 aromatic rings. The quantitative estimate of drug-likeness (QED) is 0.335. The minimum Gasteiger partial charge on any atom is -0.326 e. The lowest BCUT2D eigenvalue weighted by Crippen LogP contribution is -2.18. The van der Waals surface area contributed by atoms with Crippen molar-refractivity contribution >= 4 is 54.6 Å². The van der Waals surface area contributed by atoms with E-state index in [9.17, 15) is 26.4 Å². The van der Waals surface area contributed by atoms with Crippen LogP contribution in [0.2, 0.25) is 0 Å². The van der Waals surface area contributed by atoms with Crippen LogP contribution in [0.3, 0.4) is 0 Å². The van der Waals surface area contributed by atoms with E-state index in [1.165, 1.54) is 62.4 Å². The normalized spacial score (nSPS) is 11.5. The van der Waals surface area contributed by atoms with Crippen LogP contribution in [0.5, 0.6) is 0 Å². The van der Waals surface area contributed by atoms with Crippen LogP contribution in [-0.4, -0.2) is 28.6 Å². The number of carbonyl (C=O) groups excluding carboxylic acids is 2. The monoisotopic (exact) mass is 544 g/mol. The molecule has 2 amide bonds. The van der Waals surface area contributed by atoms with Crippen LogP contribution in [0, 0.1) is 20.8 Å². The molecule has 0 aliphatic carbocycles. The third-order valence-corrected chi connectivity index (χ3v) is 8.15. The van der Waals surface area contributed by atoms with Crippen molar-refractivity contribution in [1.82, 2.24) is 0 Å². The average molecular weight is 545 g/mol. The number of aryl methyl sites for hydroxylation is 2. The predicted molar refractivity (Wildman–Crippen MR) is 144 cm³/mol. The zero-order valence-electron chi connectivity index (χ0n) is 21.0. The second-order valence-electron chi connectivity index (χ2n) is 8.51. The number of benzene rings is 3. The summed E-state index contributed by atoms with van der Waals surface area (Å²) in [5.41, 5.74) is 3.01. The maximum Gasteiger partial charge on any atom is 0.261 e. The number of hydrogen-bond donors (Lipinski definition) is 4. The van der Waals surface area contributed by atoms with E-state index in [0.717, 1.165) is 0 Å². The zero-order chi connectivity index (χ0) is 27.5. The summed E-state index contributed by atoms with van der Waals surface area (Å²) < 4.78 is 57.5. The third kappa shape index (κ3) is 6.66. The Hall–Kier alpha value is -3.90. The summed E-state index contributed by atoms with van der Waals surface area (Å²) in [4.78, 5) is 22.4. The van der Waals surface area contributed by atoms with Crippen LogP contribution in [0.25, 0.3) is 0 Å². The van der Waals surface area contributed by atoms with Gasteiger partial charge in [-0.3, -0.25) is 19.0 Å². The van der Waals surface area contributed by atoms with Crippen molar-refractivity contribution in [3.8, 4) is 0 Å². The summed E-state index contributed by atoms with van der Waals surface area (Å²) in [5.74, 6) is -0.559. The molecule has 0 aromatic heterocycles. The number of amides is 2. The topological polar surface area (TPSA) is 151 Å². The zero-order valence-corrected chi connectivity index (χ0v) is 22.6. The molecule has 10 nitrogen and oxygen atoms in total. The Bertz CT molecular complexity index is 1450. The minimum atomic E-state index is -4.02. The van der Waals surface area contributed by atoms with Crippen molar-refractivity contribution in [3.63, 3.8) is 0 Å². The summed E-state index contributed by atoms with van der Waals surface area (Å²) in [6.45, 7) is 7.76. The van der Waals surface area contributed by atoms with Gasteiger partial charge < -0.3 is 10.6 Å². The number of carbonyl (C=O) groups is 2. The van der Waals surface area contributed by atoms with Gasteiger partial charge in [0.2, 0.25) is 11.8 Å². The molecule has 3 rings (SSSR count). The number of hydrogen-bond acceptors (Lipinski definition) is 6. The van der Waals surface area contributed by atoms with Crippen molar-refractivity contribution in [2.75, 3.05) is 20.1 Å². The van der Waals surface area contributed by atoms with Gasteiger partial charge in [0.1, 0.15) is 0 Å². The molecule has 37 heavy (non-hydrogen) atoms. The molecule has 196 valence electrons. The van der Waals surface area contributed by atoms with Gasteiger partial charge in [0.15, 0.2) is 0 Å². The van der Waals surface area contributed by atoms with Gasteiger partial charge in [-0.2, -0.15) is 0 Å². The predicted octanol–water partition coefficient (Wildman–Crippen LogP) is 4.13. The Morgan fingerprint density at radius 1 is 0.595 bits per heavy atom. The highest BCUT2D eigenvalue weighted by Gasteiger charge is 2.22. The fourth-order valence-electron chi connectivity index (χ4n) is 3.73. The Balaban J connectivity index is 1.92. The average Bonchev–Trinajstić information content (AvgIpc) is 2.79. The SMILES string of the molecule is CC(=O)Nc1ccc(S(=O)(=O)Nc2c(C)cc(C)c(NS(=O)(=O)c3ccc(NC(C)=O)cc3)c2C)cc1. The number of nitrogens with one attached hydrogen (secondary N) is 4. The van der Waals surface area contributed by atoms with E-state index in [1.54, 1.807) is 26.8 Å². The minimum absolute atomic E-state index is 0.0256. The van der Waals surface area contributed by atoms with Gasteiger partial charge in [-0.1, -0.05) is 6.07 Å². The molecule has 0 saturated carbocycles. The molecule has 0 fully saturated rings. The molecule has 12 heteroatoms. The van der Waals surface area contributed by atoms with E-state index in [4.69, 9.17) is 0 Å². The van der Waals surface area contributed by atoms with E-state index in [2.05, 4.69) is 20.1 Å². The molecule has 0 radical (unpaired) electrons. The number of anilines is 4. The Kier molecular flexibility index (Phi) is 7.94. The summed E-state index contributed by atoms with van der Waals surface area (Å²) in [7, 11) is -8.04. The maximum atomic E-state index is 13.1. The molecule has 0 aliphatic rings. The van der Waals surface area contributed by atoms with Crippen LogP contribution in [0.4, 0.5) is 22.7 Å². The summed E-state index contributed by atoms with van der Waals surface area (Å²) in [5, 5.41) is 5.15. The molecule has 0 heterocycles. The molecule has 0 bridgehead atoms. The van der Waals surface area contributed by atoms with Gasteiger partial charge >= 0.3 is 0 Å². The first-order chi connectivity index (χ1) is 17.2. The van der Waals surface area contributed by atoms with Crippen molar-refractivity contribution in [3.05, 3.63) is 71.3 Å². The van der Waals surface area contributed by atoms with Crippen molar-refractivity contribution in [1.29, 1.82) is 0 Å². The molecular weight excluding hydrogens is 516 g/mol. The molecule has 4 N–H and O–H groups in total. The van der Waals surface area contributed by atoms with Crippen molar-refractivity contribution in [2.24, 2.45) is 0 Å². The van der Waals surface area contributed by atoms with Gasteiger partial charge in [-0.05, 0) is 86.0 Å². The van der Waals surface area contributed by atoms with E-state index in [0.29, 0.717) is 28.1 Å². The molecule has 3 aromatic carbocycles. The fourth-order valence-corrected chi connectivity index (χ4v) is 6.12. The highest BCUT2D eigenvalue weighted by atomic mass is 32.2. The molecule has 0 saturated heterocycles. The van der Waals surface area contributed by atoms with E-state index in [1.807, 2.05) is 0 Å². The number of sulfonamides is 2. The fraction of sp³-hybridized carbons (Fsp3) is 0.200. The van der Waals surface area contributed by atoms with Crippen LogP contribution in [-0.2, 0) is 29.6 Å². The second kappa shape index (κ2) is 10.6. The highest BCUT2D eigenvalue weighted by Crippen LogP contribution is 2.34. The van der Waals surface area contributed by atoms with Gasteiger partial charge in [-0.15, -0.1) is 0 Å². The summed E-state index contributed by atoms with van der Waals surface area (Å²) in [6.07, 6.45) is 0. The van der Waals surface area contributed by atoms with Gasteiger partial charge in [-0.25, -0.2) is 16.8 Å². The Morgan fingerprint density at radius 3 is 1.22 bits per heavy atom. The van der Waals surface area contributed by atoms with E-state index >= 15 is 0 Å². The lowest BCUT2D eigenvalue weighted by molar-refractivity contribution is -0.115. The largest absolute Gasteiger partial charge is 0.326 e. The molecular formula is C25H28N4O6S2. The highest BCUT2D eigenvalue weighted by molar-refractivity contribution is 7.93. The lowest BCUT2D eigenvalue weighted by atomic mass is 10.0. The first-order valence-electron chi connectivity index (χ1n) is 11.1. The van der Waals surface area contributed by atoms with Crippen LogP contribution in [0.1, 0.15) is 30.5 Å². The first-order valence-corrected chi connectivity index (χ1v) is 14.1. The molecule has 0 unspecified atom stereocenters. The molecule has 0 spiro atoms. The van der Waals surface area contributed by atoms with Crippen molar-refractivity contribution < 1.29 is 26.4 Å². The van der Waals surface area contributed by atoms with Gasteiger partial charge in [0.25, 0.3) is 20.0 Å².